The molecule has 1 N–H and O–H groups in total. The number of aromatic nitrogens is 1. The number of carbonyl (C=O) groups excluding carboxylic acids is 1. The summed E-state index contributed by atoms with van der Waals surface area (Å²) >= 11 is 0. The van der Waals surface area contributed by atoms with Crippen LogP contribution in [0.2, 0.25) is 0 Å². The first-order valence-electron chi connectivity index (χ1n) is 7.45. The summed E-state index contributed by atoms with van der Waals surface area (Å²) in [7, 11) is 3.45. The van der Waals surface area contributed by atoms with Crippen molar-refractivity contribution < 1.29 is 9.90 Å². The van der Waals surface area contributed by atoms with Crippen molar-refractivity contribution in [2.75, 3.05) is 27.2 Å². The zero-order valence-electron chi connectivity index (χ0n) is 13.2. The molecule has 2 rings (SSSR count). The number of carbonyl (C=O) groups is 1. The number of likely N-dealkylation sites (tertiary alicyclic amines) is 1. The Morgan fingerprint density at radius 2 is 2.29 bits per heavy atom. The van der Waals surface area contributed by atoms with Crippen LogP contribution in [-0.4, -0.2) is 58.6 Å². The van der Waals surface area contributed by atoms with Gasteiger partial charge in [0.2, 0.25) is 5.91 Å². The summed E-state index contributed by atoms with van der Waals surface area (Å²) in [6.45, 7) is 4.27. The Balaban J connectivity index is 2.00. The third-order valence-electron chi connectivity index (χ3n) is 4.12. The molecule has 116 valence electrons. The molecule has 1 unspecified atom stereocenters. The Morgan fingerprint density at radius 1 is 1.52 bits per heavy atom. The van der Waals surface area contributed by atoms with Gasteiger partial charge in [0.05, 0.1) is 12.0 Å². The molecule has 1 aliphatic rings. The molecule has 1 atom stereocenters. The number of amides is 1. The molecule has 0 radical (unpaired) electrons. The van der Waals surface area contributed by atoms with Crippen molar-refractivity contribution in [3.63, 3.8) is 0 Å². The predicted octanol–water partition coefficient (Wildman–Crippen LogP) is 1.20. The first-order chi connectivity index (χ1) is 9.89. The highest BCUT2D eigenvalue weighted by Gasteiger charge is 2.35. The molecule has 0 saturated carbocycles. The van der Waals surface area contributed by atoms with Crippen LogP contribution in [0.5, 0.6) is 0 Å². The molecular weight excluding hydrogens is 266 g/mol. The molecule has 1 aromatic heterocycles. The third-order valence-corrected chi connectivity index (χ3v) is 4.12. The second-order valence-electron chi connectivity index (χ2n) is 6.25. The fourth-order valence-electron chi connectivity index (χ4n) is 2.85. The molecule has 0 aliphatic carbocycles. The lowest BCUT2D eigenvalue weighted by molar-refractivity contribution is -0.136. The van der Waals surface area contributed by atoms with E-state index >= 15 is 0 Å². The van der Waals surface area contributed by atoms with Crippen LogP contribution in [0, 0.1) is 6.92 Å². The predicted molar refractivity (Wildman–Crippen MR) is 81.7 cm³/mol. The molecule has 5 heteroatoms. The first-order valence-corrected chi connectivity index (χ1v) is 7.45. The maximum absolute atomic E-state index is 11.9. The van der Waals surface area contributed by atoms with Gasteiger partial charge in [0.25, 0.3) is 0 Å². The van der Waals surface area contributed by atoms with Gasteiger partial charge >= 0.3 is 0 Å². The molecule has 0 bridgehead atoms. The minimum absolute atomic E-state index is 0.0168. The van der Waals surface area contributed by atoms with E-state index in [4.69, 9.17) is 0 Å². The monoisotopic (exact) mass is 291 g/mol. The Hall–Kier alpha value is -1.46. The standard InChI is InChI=1S/C16H25N3O2/c1-13-14(6-4-8-17-13)11-19-9-5-7-16(21,12-19)10-15(20)18(2)3/h4,6,8,21H,5,7,9-12H2,1-3H3. The Labute approximate surface area is 126 Å². The van der Waals surface area contributed by atoms with E-state index in [0.29, 0.717) is 13.0 Å². The van der Waals surface area contributed by atoms with Gasteiger partial charge in [0.1, 0.15) is 0 Å². The zero-order chi connectivity index (χ0) is 15.5. The SMILES string of the molecule is Cc1ncccc1CN1CCCC(O)(CC(=O)N(C)C)C1. The molecule has 1 amide bonds. The Bertz CT molecular complexity index is 504. The van der Waals surface area contributed by atoms with Gasteiger partial charge in [-0.3, -0.25) is 14.7 Å². The first kappa shape index (κ1) is 15.9. The van der Waals surface area contributed by atoms with E-state index in [9.17, 15) is 9.90 Å². The summed E-state index contributed by atoms with van der Waals surface area (Å²) in [5.41, 5.74) is 1.30. The molecule has 1 aromatic rings. The van der Waals surface area contributed by atoms with Gasteiger partial charge in [0, 0.05) is 39.1 Å². The summed E-state index contributed by atoms with van der Waals surface area (Å²) in [5.74, 6) is -0.0168. The van der Waals surface area contributed by atoms with Crippen molar-refractivity contribution >= 4 is 5.91 Å². The van der Waals surface area contributed by atoms with E-state index in [1.807, 2.05) is 13.0 Å². The van der Waals surface area contributed by atoms with Crippen LogP contribution in [0.3, 0.4) is 0 Å². The quantitative estimate of drug-likeness (QED) is 0.905. The van der Waals surface area contributed by atoms with Crippen LogP contribution >= 0.6 is 0 Å². The number of hydrogen-bond donors (Lipinski definition) is 1. The normalized spacial score (nSPS) is 23.0. The number of nitrogens with zero attached hydrogens (tertiary/aromatic N) is 3. The topological polar surface area (TPSA) is 56.7 Å². The lowest BCUT2D eigenvalue weighted by Gasteiger charge is -2.39. The van der Waals surface area contributed by atoms with E-state index in [0.717, 1.165) is 25.2 Å². The summed E-state index contributed by atoms with van der Waals surface area (Å²) in [6.07, 6.45) is 3.59. The maximum Gasteiger partial charge on any atom is 0.224 e. The summed E-state index contributed by atoms with van der Waals surface area (Å²) in [6, 6.07) is 4.01. The molecule has 21 heavy (non-hydrogen) atoms. The molecular formula is C16H25N3O2. The summed E-state index contributed by atoms with van der Waals surface area (Å²) in [5, 5.41) is 10.7. The molecule has 1 aliphatic heterocycles. The van der Waals surface area contributed by atoms with Gasteiger partial charge in [-0.1, -0.05) is 6.07 Å². The summed E-state index contributed by atoms with van der Waals surface area (Å²) in [4.78, 5) is 19.9. The fraction of sp³-hybridized carbons (Fsp3) is 0.625. The maximum atomic E-state index is 11.9. The molecule has 0 aromatic carbocycles. The number of rotatable bonds is 4. The van der Waals surface area contributed by atoms with Crippen LogP contribution in [0.4, 0.5) is 0 Å². The van der Waals surface area contributed by atoms with Crippen molar-refractivity contribution in [3.8, 4) is 0 Å². The van der Waals surface area contributed by atoms with Gasteiger partial charge in [-0.05, 0) is 37.9 Å². The van der Waals surface area contributed by atoms with Gasteiger partial charge in [-0.15, -0.1) is 0 Å². The van der Waals surface area contributed by atoms with Gasteiger partial charge in [0.15, 0.2) is 0 Å². The molecule has 1 fully saturated rings. The van der Waals surface area contributed by atoms with Crippen LogP contribution in [0.25, 0.3) is 0 Å². The second kappa shape index (κ2) is 6.54. The molecule has 0 spiro atoms. The zero-order valence-corrected chi connectivity index (χ0v) is 13.2. The minimum atomic E-state index is -0.907. The van der Waals surface area contributed by atoms with Crippen LogP contribution in [-0.2, 0) is 11.3 Å². The van der Waals surface area contributed by atoms with E-state index in [1.54, 1.807) is 25.2 Å². The highest BCUT2D eigenvalue weighted by atomic mass is 16.3. The number of aryl methyl sites for hydroxylation is 1. The van der Waals surface area contributed by atoms with E-state index in [1.165, 1.54) is 5.56 Å². The molecule has 2 heterocycles. The third kappa shape index (κ3) is 4.25. The van der Waals surface area contributed by atoms with Gasteiger partial charge < -0.3 is 10.0 Å². The molecule has 1 saturated heterocycles. The minimum Gasteiger partial charge on any atom is -0.388 e. The van der Waals surface area contributed by atoms with Crippen molar-refractivity contribution in [2.45, 2.75) is 38.3 Å². The van der Waals surface area contributed by atoms with Crippen LogP contribution in [0.15, 0.2) is 18.3 Å². The Kier molecular flexibility index (Phi) is 4.96. The molecule has 5 nitrogen and oxygen atoms in total. The lowest BCUT2D eigenvalue weighted by atomic mass is 9.89. The summed E-state index contributed by atoms with van der Waals surface area (Å²) < 4.78 is 0. The largest absolute Gasteiger partial charge is 0.388 e. The highest BCUT2D eigenvalue weighted by molar-refractivity contribution is 5.76. The van der Waals surface area contributed by atoms with Crippen LogP contribution in [0.1, 0.15) is 30.5 Å². The smallest absolute Gasteiger partial charge is 0.224 e. The fourth-order valence-corrected chi connectivity index (χ4v) is 2.85. The van der Waals surface area contributed by atoms with Crippen molar-refractivity contribution in [1.82, 2.24) is 14.8 Å². The lowest BCUT2D eigenvalue weighted by Crippen LogP contribution is -2.50. The van der Waals surface area contributed by atoms with Gasteiger partial charge in [-0.2, -0.15) is 0 Å². The number of aliphatic hydroxyl groups is 1. The number of hydrogen-bond acceptors (Lipinski definition) is 4. The van der Waals surface area contributed by atoms with Crippen molar-refractivity contribution in [3.05, 3.63) is 29.6 Å². The highest BCUT2D eigenvalue weighted by Crippen LogP contribution is 2.26. The average molecular weight is 291 g/mol. The van der Waals surface area contributed by atoms with Crippen molar-refractivity contribution in [1.29, 1.82) is 0 Å². The average Bonchev–Trinajstić information content (AvgIpc) is 2.41. The van der Waals surface area contributed by atoms with E-state index in [2.05, 4.69) is 16.0 Å². The van der Waals surface area contributed by atoms with Crippen molar-refractivity contribution in [2.24, 2.45) is 0 Å². The Morgan fingerprint density at radius 3 is 2.95 bits per heavy atom. The van der Waals surface area contributed by atoms with E-state index < -0.39 is 5.60 Å². The van der Waals surface area contributed by atoms with Crippen LogP contribution < -0.4 is 0 Å². The second-order valence-corrected chi connectivity index (χ2v) is 6.25. The number of β-amino-alcohol motifs (C(OH)–C–C–N with tert-alkyl or cyclic N) is 1. The number of pyridine rings is 1. The number of piperidine rings is 1. The van der Waals surface area contributed by atoms with Gasteiger partial charge in [-0.25, -0.2) is 0 Å². The van der Waals surface area contributed by atoms with E-state index in [-0.39, 0.29) is 12.3 Å².